The summed E-state index contributed by atoms with van der Waals surface area (Å²) < 4.78 is 39.3. The van der Waals surface area contributed by atoms with Crippen LogP contribution in [0.1, 0.15) is 31.2 Å². The lowest BCUT2D eigenvalue weighted by molar-refractivity contribution is -0.175. The summed E-state index contributed by atoms with van der Waals surface area (Å²) in [6, 6.07) is 7.37. The van der Waals surface area contributed by atoms with E-state index in [2.05, 4.69) is 0 Å². The lowest BCUT2D eigenvalue weighted by Crippen LogP contribution is -2.61. The van der Waals surface area contributed by atoms with Gasteiger partial charge in [0.15, 0.2) is 0 Å². The van der Waals surface area contributed by atoms with Crippen molar-refractivity contribution in [3.05, 3.63) is 29.8 Å². The molecule has 0 unspecified atom stereocenters. The average Bonchev–Trinajstić information content (AvgIpc) is 2.68. The van der Waals surface area contributed by atoms with E-state index in [-0.39, 0.29) is 25.5 Å². The van der Waals surface area contributed by atoms with Gasteiger partial charge in [0.1, 0.15) is 5.75 Å². The topological polar surface area (TPSA) is 59.1 Å². The van der Waals surface area contributed by atoms with Gasteiger partial charge in [0.05, 0.1) is 32.1 Å². The molecule has 3 rings (SSSR count). The molecule has 8 heteroatoms. The van der Waals surface area contributed by atoms with Crippen molar-refractivity contribution in [3.8, 4) is 5.75 Å². The van der Waals surface area contributed by atoms with E-state index in [0.717, 1.165) is 10.5 Å². The fourth-order valence-corrected chi connectivity index (χ4v) is 4.44. The van der Waals surface area contributed by atoms with Crippen molar-refractivity contribution in [1.29, 1.82) is 0 Å². The number of hydrogen-bond acceptors (Lipinski definition) is 4. The summed E-state index contributed by atoms with van der Waals surface area (Å²) in [7, 11) is 3.03. The molecular formula is C21H28F2N2O4. The van der Waals surface area contributed by atoms with E-state index < -0.39 is 30.2 Å². The van der Waals surface area contributed by atoms with Gasteiger partial charge in [0.25, 0.3) is 5.92 Å². The van der Waals surface area contributed by atoms with Crippen molar-refractivity contribution in [1.82, 2.24) is 9.80 Å². The molecule has 29 heavy (non-hydrogen) atoms. The van der Waals surface area contributed by atoms with Gasteiger partial charge in [-0.05, 0) is 30.5 Å². The summed E-state index contributed by atoms with van der Waals surface area (Å²) in [5, 5.41) is 0. The molecule has 1 aromatic rings. The van der Waals surface area contributed by atoms with Crippen LogP contribution in [0, 0.1) is 5.41 Å². The fourth-order valence-electron chi connectivity index (χ4n) is 4.44. The first-order valence-electron chi connectivity index (χ1n) is 9.85. The molecule has 1 aromatic carbocycles. The molecular weight excluding hydrogens is 382 g/mol. The summed E-state index contributed by atoms with van der Waals surface area (Å²) in [5.74, 6) is -3.10. The zero-order chi connectivity index (χ0) is 21.1. The quantitative estimate of drug-likeness (QED) is 0.724. The van der Waals surface area contributed by atoms with Crippen LogP contribution in [0.2, 0.25) is 0 Å². The van der Waals surface area contributed by atoms with Crippen LogP contribution >= 0.6 is 0 Å². The summed E-state index contributed by atoms with van der Waals surface area (Å²) >= 11 is 0. The highest BCUT2D eigenvalue weighted by atomic mass is 19.3. The number of nitrogens with zero attached hydrogens (tertiary/aromatic N) is 2. The van der Waals surface area contributed by atoms with Crippen molar-refractivity contribution < 1.29 is 27.8 Å². The molecule has 0 aliphatic carbocycles. The number of methoxy groups -OCH3 is 2. The Morgan fingerprint density at radius 3 is 2.76 bits per heavy atom. The number of likely N-dealkylation sites (tertiary alicyclic amines) is 2. The summed E-state index contributed by atoms with van der Waals surface area (Å²) in [6.07, 6.45) is 0.516. The number of benzene rings is 1. The van der Waals surface area contributed by atoms with Crippen LogP contribution in [-0.2, 0) is 20.9 Å². The second kappa shape index (κ2) is 8.65. The molecule has 0 radical (unpaired) electrons. The van der Waals surface area contributed by atoms with Crippen LogP contribution in [0.5, 0.6) is 5.75 Å². The van der Waals surface area contributed by atoms with Crippen LogP contribution in [0.3, 0.4) is 0 Å². The molecule has 160 valence electrons. The smallest absolute Gasteiger partial charge is 0.266 e. The number of ether oxygens (including phenoxy) is 2. The van der Waals surface area contributed by atoms with E-state index in [1.54, 1.807) is 12.0 Å². The maximum Gasteiger partial charge on any atom is 0.266 e. The number of hydrogen-bond donors (Lipinski definition) is 0. The molecule has 6 nitrogen and oxygen atoms in total. The number of alkyl halides is 2. The van der Waals surface area contributed by atoms with Gasteiger partial charge in [-0.25, -0.2) is 8.78 Å². The number of piperidine rings is 2. The minimum atomic E-state index is -3.09. The minimum Gasteiger partial charge on any atom is -0.497 e. The van der Waals surface area contributed by atoms with Gasteiger partial charge in [0.2, 0.25) is 11.8 Å². The zero-order valence-corrected chi connectivity index (χ0v) is 17.0. The highest BCUT2D eigenvalue weighted by molar-refractivity contribution is 5.85. The maximum atomic E-state index is 14.6. The van der Waals surface area contributed by atoms with Crippen molar-refractivity contribution in [2.24, 2.45) is 5.41 Å². The summed E-state index contributed by atoms with van der Waals surface area (Å²) in [5.41, 5.74) is -0.355. The Bertz CT molecular complexity index is 758. The molecule has 2 heterocycles. The number of carbonyl (C=O) groups excluding carboxylic acids is 2. The van der Waals surface area contributed by atoms with E-state index in [4.69, 9.17) is 9.47 Å². The largest absolute Gasteiger partial charge is 0.497 e. The van der Waals surface area contributed by atoms with Gasteiger partial charge in [-0.1, -0.05) is 12.1 Å². The molecule has 2 aliphatic heterocycles. The predicted octanol–water partition coefficient (Wildman–Crippen LogP) is 2.71. The van der Waals surface area contributed by atoms with E-state index in [1.807, 2.05) is 24.3 Å². The van der Waals surface area contributed by atoms with Gasteiger partial charge in [-0.15, -0.1) is 0 Å². The molecule has 1 atom stereocenters. The molecule has 0 bridgehead atoms. The van der Waals surface area contributed by atoms with Gasteiger partial charge < -0.3 is 19.3 Å². The number of halogens is 2. The van der Waals surface area contributed by atoms with Crippen LogP contribution in [0.25, 0.3) is 0 Å². The predicted molar refractivity (Wildman–Crippen MR) is 103 cm³/mol. The normalized spacial score (nSPS) is 24.1. The number of amides is 2. The molecule has 2 aliphatic rings. The summed E-state index contributed by atoms with van der Waals surface area (Å²) in [4.78, 5) is 28.5. The highest BCUT2D eigenvalue weighted by Crippen LogP contribution is 2.45. The van der Waals surface area contributed by atoms with Crippen molar-refractivity contribution >= 4 is 11.8 Å². The Hall–Kier alpha value is -2.22. The van der Waals surface area contributed by atoms with Crippen molar-refractivity contribution in [2.75, 3.05) is 40.5 Å². The molecule has 2 saturated heterocycles. The fraction of sp³-hybridized carbons (Fsp3) is 0.619. The van der Waals surface area contributed by atoms with E-state index in [1.165, 1.54) is 7.11 Å². The van der Waals surface area contributed by atoms with E-state index >= 15 is 0 Å². The van der Waals surface area contributed by atoms with Gasteiger partial charge in [-0.2, -0.15) is 0 Å². The highest BCUT2D eigenvalue weighted by Gasteiger charge is 2.55. The van der Waals surface area contributed by atoms with Gasteiger partial charge in [0, 0.05) is 33.2 Å². The molecule has 0 saturated carbocycles. The molecule has 2 fully saturated rings. The lowest BCUT2D eigenvalue weighted by atomic mass is 9.71. The molecule has 0 N–H and O–H groups in total. The number of rotatable bonds is 6. The molecule has 1 spiro atoms. The van der Waals surface area contributed by atoms with Crippen molar-refractivity contribution in [2.45, 2.75) is 38.2 Å². The van der Waals surface area contributed by atoms with E-state index in [9.17, 15) is 18.4 Å². The monoisotopic (exact) mass is 410 g/mol. The van der Waals surface area contributed by atoms with Gasteiger partial charge >= 0.3 is 0 Å². The van der Waals surface area contributed by atoms with Crippen molar-refractivity contribution in [3.63, 3.8) is 0 Å². The standard InChI is InChI=1S/C21H28F2N2O4/c1-28-10-7-18(26)25-14-20(13-21(22,23)15-25)8-4-9-24(19(20)27)12-16-5-3-6-17(11-16)29-2/h3,5-6,11H,4,7-10,12-15H2,1-2H3/t20-/m0/s1. The third-order valence-corrected chi connectivity index (χ3v) is 5.72. The second-order valence-corrected chi connectivity index (χ2v) is 7.99. The van der Waals surface area contributed by atoms with Crippen LogP contribution in [-0.4, -0.2) is 68.0 Å². The first-order chi connectivity index (χ1) is 13.8. The Morgan fingerprint density at radius 1 is 1.24 bits per heavy atom. The Labute approximate surface area is 169 Å². The van der Waals surface area contributed by atoms with E-state index in [0.29, 0.717) is 31.7 Å². The Morgan fingerprint density at radius 2 is 2.03 bits per heavy atom. The van der Waals surface area contributed by atoms with Crippen LogP contribution in [0.4, 0.5) is 8.78 Å². The number of carbonyl (C=O) groups is 2. The zero-order valence-electron chi connectivity index (χ0n) is 17.0. The second-order valence-electron chi connectivity index (χ2n) is 7.99. The first-order valence-corrected chi connectivity index (χ1v) is 9.85. The third-order valence-electron chi connectivity index (χ3n) is 5.72. The van der Waals surface area contributed by atoms with Crippen LogP contribution in [0.15, 0.2) is 24.3 Å². The third kappa shape index (κ3) is 4.86. The Balaban J connectivity index is 1.79. The molecule has 2 amide bonds. The lowest BCUT2D eigenvalue weighted by Gasteiger charge is -2.49. The van der Waals surface area contributed by atoms with Gasteiger partial charge in [-0.3, -0.25) is 9.59 Å². The average molecular weight is 410 g/mol. The first kappa shape index (κ1) is 21.5. The Kier molecular flexibility index (Phi) is 6.41. The minimum absolute atomic E-state index is 0.0321. The molecule has 0 aromatic heterocycles. The van der Waals surface area contributed by atoms with Crippen LogP contribution < -0.4 is 4.74 Å². The SMILES string of the molecule is COCCC(=O)N1CC(F)(F)C[C@@]2(CCCN(Cc3cccc(OC)c3)C2=O)C1. The summed E-state index contributed by atoms with van der Waals surface area (Å²) in [6.45, 7) is 0.421. The maximum absolute atomic E-state index is 14.6.